The molecule has 0 aliphatic heterocycles. The van der Waals surface area contributed by atoms with E-state index in [1.54, 1.807) is 0 Å². The third kappa shape index (κ3) is 3.01. The summed E-state index contributed by atoms with van der Waals surface area (Å²) in [5.41, 5.74) is 9.07. The van der Waals surface area contributed by atoms with Gasteiger partial charge in [0, 0.05) is 6.42 Å². The SMILES string of the molecule is [B]c1ccc(-c2ccccc2)cc1CCC(N)=O. The molecule has 0 atom stereocenters. The van der Waals surface area contributed by atoms with Gasteiger partial charge in [-0.05, 0) is 17.5 Å². The zero-order chi connectivity index (χ0) is 13.0. The molecule has 1 amide bonds. The maximum absolute atomic E-state index is 10.8. The molecule has 88 valence electrons. The van der Waals surface area contributed by atoms with Gasteiger partial charge in [0.05, 0.1) is 0 Å². The Morgan fingerprint density at radius 3 is 2.44 bits per heavy atom. The molecule has 2 aromatic rings. The molecule has 0 aliphatic rings. The van der Waals surface area contributed by atoms with Crippen molar-refractivity contribution in [2.75, 3.05) is 0 Å². The molecule has 0 spiro atoms. The van der Waals surface area contributed by atoms with Gasteiger partial charge in [-0.25, -0.2) is 0 Å². The zero-order valence-corrected chi connectivity index (χ0v) is 10.1. The first-order valence-electron chi connectivity index (χ1n) is 5.89. The molecule has 2 aromatic carbocycles. The minimum absolute atomic E-state index is 0.306. The van der Waals surface area contributed by atoms with Gasteiger partial charge in [0.15, 0.2) is 0 Å². The number of nitrogens with two attached hydrogens (primary N) is 1. The average Bonchev–Trinajstić information content (AvgIpc) is 2.38. The first-order valence-corrected chi connectivity index (χ1v) is 5.89. The lowest BCUT2D eigenvalue weighted by Crippen LogP contribution is -2.16. The van der Waals surface area contributed by atoms with Gasteiger partial charge in [-0.2, -0.15) is 0 Å². The molecular weight excluding hydrogens is 221 g/mol. The lowest BCUT2D eigenvalue weighted by Gasteiger charge is -2.09. The van der Waals surface area contributed by atoms with E-state index in [4.69, 9.17) is 13.6 Å². The van der Waals surface area contributed by atoms with E-state index in [0.717, 1.165) is 16.7 Å². The molecule has 0 aromatic heterocycles. The minimum Gasteiger partial charge on any atom is -0.370 e. The van der Waals surface area contributed by atoms with Crippen LogP contribution in [-0.4, -0.2) is 13.8 Å². The summed E-state index contributed by atoms with van der Waals surface area (Å²) in [4.78, 5) is 10.8. The Bertz CT molecular complexity index is 552. The van der Waals surface area contributed by atoms with Crippen LogP contribution < -0.4 is 11.2 Å². The van der Waals surface area contributed by atoms with E-state index in [1.807, 2.05) is 48.5 Å². The number of carbonyl (C=O) groups excluding carboxylic acids is 1. The van der Waals surface area contributed by atoms with Crippen LogP contribution in [0.1, 0.15) is 12.0 Å². The summed E-state index contributed by atoms with van der Waals surface area (Å²) < 4.78 is 0. The van der Waals surface area contributed by atoms with Crippen molar-refractivity contribution in [3.63, 3.8) is 0 Å². The number of amides is 1. The fraction of sp³-hybridized carbons (Fsp3) is 0.133. The fourth-order valence-corrected chi connectivity index (χ4v) is 1.89. The maximum Gasteiger partial charge on any atom is 0.217 e. The monoisotopic (exact) mass is 235 g/mol. The maximum atomic E-state index is 10.8. The molecule has 2 radical (unpaired) electrons. The lowest BCUT2D eigenvalue weighted by molar-refractivity contribution is -0.117. The van der Waals surface area contributed by atoms with Gasteiger partial charge in [0.1, 0.15) is 7.85 Å². The van der Waals surface area contributed by atoms with Gasteiger partial charge in [0.2, 0.25) is 5.91 Å². The molecular formula is C15H14BNO. The van der Waals surface area contributed by atoms with Gasteiger partial charge in [0.25, 0.3) is 0 Å². The van der Waals surface area contributed by atoms with Gasteiger partial charge in [-0.15, -0.1) is 0 Å². The molecule has 2 N–H and O–H groups in total. The number of rotatable bonds is 4. The van der Waals surface area contributed by atoms with Crippen molar-refractivity contribution >= 4 is 19.2 Å². The van der Waals surface area contributed by atoms with Crippen molar-refractivity contribution in [3.8, 4) is 11.1 Å². The van der Waals surface area contributed by atoms with E-state index in [0.29, 0.717) is 18.3 Å². The third-order valence-corrected chi connectivity index (χ3v) is 2.89. The van der Waals surface area contributed by atoms with Crippen LogP contribution in [0.4, 0.5) is 0 Å². The predicted octanol–water partition coefficient (Wildman–Crippen LogP) is 1.57. The lowest BCUT2D eigenvalue weighted by atomic mass is 9.86. The van der Waals surface area contributed by atoms with Gasteiger partial charge in [-0.1, -0.05) is 59.6 Å². The summed E-state index contributed by atoms with van der Waals surface area (Å²) in [5, 5.41) is 0. The molecule has 2 nitrogen and oxygen atoms in total. The molecule has 0 heterocycles. The van der Waals surface area contributed by atoms with Gasteiger partial charge >= 0.3 is 0 Å². The largest absolute Gasteiger partial charge is 0.370 e. The standard InChI is InChI=1S/C15H14BNO/c16-14-8-6-12(11-4-2-1-3-5-11)10-13(14)7-9-15(17)18/h1-6,8,10H,7,9H2,(H2,17,18). The highest BCUT2D eigenvalue weighted by molar-refractivity contribution is 6.33. The number of carbonyl (C=O) groups is 1. The van der Waals surface area contributed by atoms with Crippen LogP contribution in [0.5, 0.6) is 0 Å². The van der Waals surface area contributed by atoms with Gasteiger partial charge in [-0.3, -0.25) is 4.79 Å². The topological polar surface area (TPSA) is 43.1 Å². The number of primary amides is 1. The third-order valence-electron chi connectivity index (χ3n) is 2.89. The van der Waals surface area contributed by atoms with E-state index >= 15 is 0 Å². The summed E-state index contributed by atoms with van der Waals surface area (Å²) in [6.45, 7) is 0. The highest BCUT2D eigenvalue weighted by Gasteiger charge is 2.03. The van der Waals surface area contributed by atoms with Crippen LogP contribution in [0.25, 0.3) is 11.1 Å². The highest BCUT2D eigenvalue weighted by Crippen LogP contribution is 2.19. The minimum atomic E-state index is -0.306. The Hall–Kier alpha value is -2.03. The summed E-state index contributed by atoms with van der Waals surface area (Å²) in [7, 11) is 5.90. The summed E-state index contributed by atoms with van der Waals surface area (Å²) in [6.07, 6.45) is 0.907. The van der Waals surface area contributed by atoms with Crippen molar-refractivity contribution in [3.05, 3.63) is 54.1 Å². The Morgan fingerprint density at radius 2 is 1.78 bits per heavy atom. The molecule has 18 heavy (non-hydrogen) atoms. The van der Waals surface area contributed by atoms with Crippen LogP contribution in [-0.2, 0) is 11.2 Å². The number of hydrogen-bond acceptors (Lipinski definition) is 1. The first-order chi connectivity index (χ1) is 8.66. The van der Waals surface area contributed by atoms with E-state index in [-0.39, 0.29) is 5.91 Å². The van der Waals surface area contributed by atoms with Crippen molar-refractivity contribution in [2.45, 2.75) is 12.8 Å². The summed E-state index contributed by atoms with van der Waals surface area (Å²) in [6, 6.07) is 15.9. The van der Waals surface area contributed by atoms with Crippen molar-refractivity contribution in [1.82, 2.24) is 0 Å². The van der Waals surface area contributed by atoms with E-state index < -0.39 is 0 Å². The van der Waals surface area contributed by atoms with Crippen molar-refractivity contribution in [2.24, 2.45) is 5.73 Å². The molecule has 0 fully saturated rings. The Labute approximate surface area is 108 Å². The summed E-state index contributed by atoms with van der Waals surface area (Å²) in [5.74, 6) is -0.306. The zero-order valence-electron chi connectivity index (χ0n) is 10.1. The second kappa shape index (κ2) is 5.54. The number of benzene rings is 2. The predicted molar refractivity (Wildman–Crippen MR) is 74.8 cm³/mol. The molecule has 2 rings (SSSR count). The molecule has 0 saturated carbocycles. The normalized spacial score (nSPS) is 10.2. The first kappa shape index (κ1) is 12.4. The molecule has 0 bridgehead atoms. The van der Waals surface area contributed by atoms with Crippen LogP contribution in [0, 0.1) is 0 Å². The Morgan fingerprint density at radius 1 is 1.06 bits per heavy atom. The Balaban J connectivity index is 2.29. The molecule has 3 heteroatoms. The van der Waals surface area contributed by atoms with Crippen LogP contribution in [0.2, 0.25) is 0 Å². The number of aryl methyl sites for hydroxylation is 1. The highest BCUT2D eigenvalue weighted by atomic mass is 16.1. The second-order valence-electron chi connectivity index (χ2n) is 4.25. The van der Waals surface area contributed by atoms with Crippen LogP contribution >= 0.6 is 0 Å². The van der Waals surface area contributed by atoms with Crippen molar-refractivity contribution in [1.29, 1.82) is 0 Å². The van der Waals surface area contributed by atoms with E-state index in [9.17, 15) is 4.79 Å². The molecule has 0 unspecified atom stereocenters. The number of hydrogen-bond donors (Lipinski definition) is 1. The average molecular weight is 235 g/mol. The van der Waals surface area contributed by atoms with Crippen LogP contribution in [0.15, 0.2) is 48.5 Å². The molecule has 0 saturated heterocycles. The van der Waals surface area contributed by atoms with Crippen LogP contribution in [0.3, 0.4) is 0 Å². The van der Waals surface area contributed by atoms with E-state index in [1.165, 1.54) is 0 Å². The Kier molecular flexibility index (Phi) is 3.83. The van der Waals surface area contributed by atoms with Crippen molar-refractivity contribution < 1.29 is 4.79 Å². The summed E-state index contributed by atoms with van der Waals surface area (Å²) >= 11 is 0. The van der Waals surface area contributed by atoms with E-state index in [2.05, 4.69) is 0 Å². The molecule has 0 aliphatic carbocycles. The smallest absolute Gasteiger partial charge is 0.217 e. The van der Waals surface area contributed by atoms with Gasteiger partial charge < -0.3 is 5.73 Å². The quantitative estimate of drug-likeness (QED) is 0.803. The fourth-order valence-electron chi connectivity index (χ4n) is 1.89. The second-order valence-corrected chi connectivity index (χ2v) is 4.25.